The summed E-state index contributed by atoms with van der Waals surface area (Å²) in [6, 6.07) is 2.13. The summed E-state index contributed by atoms with van der Waals surface area (Å²) < 4.78 is 1.90. The van der Waals surface area contributed by atoms with E-state index in [4.69, 9.17) is 5.26 Å². The van der Waals surface area contributed by atoms with E-state index in [1.165, 1.54) is 19.3 Å². The number of aromatic nitrogens is 3. The molecule has 0 spiro atoms. The van der Waals surface area contributed by atoms with Crippen molar-refractivity contribution < 1.29 is 0 Å². The van der Waals surface area contributed by atoms with Crippen molar-refractivity contribution in [1.82, 2.24) is 15.0 Å². The zero-order valence-electron chi connectivity index (χ0n) is 11.3. The number of nitriles is 1. The third kappa shape index (κ3) is 3.55. The molecule has 1 aromatic rings. The molecule has 0 fully saturated rings. The number of hydrogen-bond acceptors (Lipinski definition) is 3. The molecule has 4 heteroatoms. The van der Waals surface area contributed by atoms with E-state index in [0.29, 0.717) is 5.69 Å². The molecule has 0 unspecified atom stereocenters. The van der Waals surface area contributed by atoms with Crippen LogP contribution in [0.3, 0.4) is 0 Å². The lowest BCUT2D eigenvalue weighted by Crippen LogP contribution is -2.20. The Morgan fingerprint density at radius 2 is 1.94 bits per heavy atom. The molecule has 0 saturated heterocycles. The smallest absolute Gasteiger partial charge is 0.186 e. The summed E-state index contributed by atoms with van der Waals surface area (Å²) in [6.07, 6.45) is 4.80. The molecule has 1 heterocycles. The molecule has 0 bridgehead atoms. The van der Waals surface area contributed by atoms with Gasteiger partial charge in [0, 0.05) is 12.0 Å². The Labute approximate surface area is 104 Å². The van der Waals surface area contributed by atoms with Crippen molar-refractivity contribution in [1.29, 1.82) is 5.26 Å². The molecule has 0 amide bonds. The van der Waals surface area contributed by atoms with Gasteiger partial charge in [-0.2, -0.15) is 5.26 Å². The lowest BCUT2D eigenvalue weighted by Gasteiger charge is -2.19. The number of nitrogens with zero attached hydrogens (tertiary/aromatic N) is 4. The zero-order valence-corrected chi connectivity index (χ0v) is 11.3. The molecule has 94 valence electrons. The number of rotatable bonds is 5. The Hall–Kier alpha value is -1.37. The van der Waals surface area contributed by atoms with Gasteiger partial charge in [-0.1, -0.05) is 52.2 Å². The SMILES string of the molecule is CCCCCCn1nnc(C#N)c1C(C)(C)C. The van der Waals surface area contributed by atoms with Crippen LogP contribution in [0.15, 0.2) is 0 Å². The molecule has 0 N–H and O–H groups in total. The maximum atomic E-state index is 9.04. The summed E-state index contributed by atoms with van der Waals surface area (Å²) in [6.45, 7) is 9.34. The number of aryl methyl sites for hydroxylation is 1. The summed E-state index contributed by atoms with van der Waals surface area (Å²) in [7, 11) is 0. The molecule has 0 aliphatic carbocycles. The Bertz CT molecular complexity index is 393. The molecule has 1 rings (SSSR count). The normalized spacial score (nSPS) is 11.5. The van der Waals surface area contributed by atoms with E-state index in [0.717, 1.165) is 18.7 Å². The van der Waals surface area contributed by atoms with E-state index in [2.05, 4.69) is 44.1 Å². The zero-order chi connectivity index (χ0) is 12.9. The van der Waals surface area contributed by atoms with Crippen molar-refractivity contribution in [3.05, 3.63) is 11.4 Å². The molecule has 0 aliphatic heterocycles. The van der Waals surface area contributed by atoms with Crippen LogP contribution in [0.1, 0.15) is 64.8 Å². The lowest BCUT2D eigenvalue weighted by atomic mass is 9.90. The molecule has 0 aliphatic rings. The van der Waals surface area contributed by atoms with Crippen LogP contribution in [0, 0.1) is 11.3 Å². The van der Waals surface area contributed by atoms with Gasteiger partial charge in [0.1, 0.15) is 6.07 Å². The van der Waals surface area contributed by atoms with Crippen LogP contribution in [0.25, 0.3) is 0 Å². The van der Waals surface area contributed by atoms with Crippen molar-refractivity contribution in [2.24, 2.45) is 0 Å². The van der Waals surface area contributed by atoms with E-state index in [-0.39, 0.29) is 5.41 Å². The summed E-state index contributed by atoms with van der Waals surface area (Å²) in [5, 5.41) is 17.1. The Morgan fingerprint density at radius 3 is 2.47 bits per heavy atom. The molecular formula is C13H22N4. The quantitative estimate of drug-likeness (QED) is 0.736. The topological polar surface area (TPSA) is 54.5 Å². The van der Waals surface area contributed by atoms with Gasteiger partial charge < -0.3 is 0 Å². The molecule has 17 heavy (non-hydrogen) atoms. The predicted octanol–water partition coefficient (Wildman–Crippen LogP) is 3.03. The van der Waals surface area contributed by atoms with Gasteiger partial charge in [-0.25, -0.2) is 4.68 Å². The van der Waals surface area contributed by atoms with Crippen LogP contribution in [-0.2, 0) is 12.0 Å². The van der Waals surface area contributed by atoms with Gasteiger partial charge in [0.2, 0.25) is 0 Å². The van der Waals surface area contributed by atoms with Gasteiger partial charge in [0.15, 0.2) is 5.69 Å². The fourth-order valence-corrected chi connectivity index (χ4v) is 1.98. The second-order valence-electron chi connectivity index (χ2n) is 5.43. The molecular weight excluding hydrogens is 212 g/mol. The van der Waals surface area contributed by atoms with Crippen LogP contribution >= 0.6 is 0 Å². The molecule has 4 nitrogen and oxygen atoms in total. The van der Waals surface area contributed by atoms with Crippen molar-refractivity contribution in [2.45, 2.75) is 65.3 Å². The Morgan fingerprint density at radius 1 is 1.24 bits per heavy atom. The van der Waals surface area contributed by atoms with Crippen molar-refractivity contribution >= 4 is 0 Å². The minimum absolute atomic E-state index is 0.0840. The van der Waals surface area contributed by atoms with E-state index in [9.17, 15) is 0 Å². The minimum Gasteiger partial charge on any atom is -0.247 e. The highest BCUT2D eigenvalue weighted by molar-refractivity contribution is 5.29. The fraction of sp³-hybridized carbons (Fsp3) is 0.769. The van der Waals surface area contributed by atoms with Crippen LogP contribution in [-0.4, -0.2) is 15.0 Å². The molecule has 1 aromatic heterocycles. The second-order valence-corrected chi connectivity index (χ2v) is 5.43. The van der Waals surface area contributed by atoms with Gasteiger partial charge >= 0.3 is 0 Å². The van der Waals surface area contributed by atoms with E-state index < -0.39 is 0 Å². The lowest BCUT2D eigenvalue weighted by molar-refractivity contribution is 0.458. The van der Waals surface area contributed by atoms with Crippen molar-refractivity contribution in [2.75, 3.05) is 0 Å². The first-order chi connectivity index (χ1) is 8.00. The average molecular weight is 234 g/mol. The monoisotopic (exact) mass is 234 g/mol. The number of unbranched alkanes of at least 4 members (excludes halogenated alkanes) is 3. The second kappa shape index (κ2) is 5.81. The Kier molecular flexibility index (Phi) is 4.68. The van der Waals surface area contributed by atoms with Gasteiger partial charge in [0.05, 0.1) is 5.69 Å². The first-order valence-corrected chi connectivity index (χ1v) is 6.34. The van der Waals surface area contributed by atoms with E-state index >= 15 is 0 Å². The van der Waals surface area contributed by atoms with Crippen LogP contribution in [0.2, 0.25) is 0 Å². The first-order valence-electron chi connectivity index (χ1n) is 6.34. The van der Waals surface area contributed by atoms with E-state index in [1.54, 1.807) is 0 Å². The summed E-state index contributed by atoms with van der Waals surface area (Å²) in [4.78, 5) is 0. The van der Waals surface area contributed by atoms with Gasteiger partial charge in [-0.3, -0.25) is 0 Å². The predicted molar refractivity (Wildman–Crippen MR) is 67.6 cm³/mol. The van der Waals surface area contributed by atoms with Crippen LogP contribution in [0.4, 0.5) is 0 Å². The highest BCUT2D eigenvalue weighted by atomic mass is 15.4. The standard InChI is InChI=1S/C13H22N4/c1-5-6-7-8-9-17-12(13(2,3)4)11(10-14)15-16-17/h5-9H2,1-4H3. The molecule has 0 saturated carbocycles. The first kappa shape index (κ1) is 13.7. The summed E-state index contributed by atoms with van der Waals surface area (Å²) >= 11 is 0. The molecule has 0 radical (unpaired) electrons. The van der Waals surface area contributed by atoms with Crippen molar-refractivity contribution in [3.63, 3.8) is 0 Å². The largest absolute Gasteiger partial charge is 0.247 e. The van der Waals surface area contributed by atoms with Gasteiger partial charge in [-0.05, 0) is 6.42 Å². The third-order valence-electron chi connectivity index (χ3n) is 2.77. The highest BCUT2D eigenvalue weighted by Gasteiger charge is 2.24. The van der Waals surface area contributed by atoms with Crippen molar-refractivity contribution in [3.8, 4) is 6.07 Å². The Balaban J connectivity index is 2.79. The van der Waals surface area contributed by atoms with Gasteiger partial charge in [-0.15, -0.1) is 5.10 Å². The average Bonchev–Trinajstić information content (AvgIpc) is 2.67. The summed E-state index contributed by atoms with van der Waals surface area (Å²) in [5.41, 5.74) is 1.34. The number of hydrogen-bond donors (Lipinski definition) is 0. The molecule has 0 atom stereocenters. The summed E-state index contributed by atoms with van der Waals surface area (Å²) in [5.74, 6) is 0. The van der Waals surface area contributed by atoms with Gasteiger partial charge in [0.25, 0.3) is 0 Å². The molecule has 0 aromatic carbocycles. The minimum atomic E-state index is -0.0840. The van der Waals surface area contributed by atoms with Crippen LogP contribution < -0.4 is 0 Å². The highest BCUT2D eigenvalue weighted by Crippen LogP contribution is 2.24. The maximum Gasteiger partial charge on any atom is 0.186 e. The van der Waals surface area contributed by atoms with E-state index in [1.807, 2.05) is 4.68 Å². The van der Waals surface area contributed by atoms with Crippen LogP contribution in [0.5, 0.6) is 0 Å². The third-order valence-corrected chi connectivity index (χ3v) is 2.77. The maximum absolute atomic E-state index is 9.04. The fourth-order valence-electron chi connectivity index (χ4n) is 1.98.